The summed E-state index contributed by atoms with van der Waals surface area (Å²) in [6.07, 6.45) is 0.800. The number of nitrogens with one attached hydrogen (secondary N) is 1. The van der Waals surface area contributed by atoms with Crippen LogP contribution in [0.4, 0.5) is 0 Å². The van der Waals surface area contributed by atoms with Crippen LogP contribution in [0.2, 0.25) is 0 Å². The molecule has 1 rings (SSSR count). The summed E-state index contributed by atoms with van der Waals surface area (Å²) in [5.41, 5.74) is 1.09. The number of halogens is 2. The van der Waals surface area contributed by atoms with Crippen LogP contribution >= 0.6 is 38.9 Å². The van der Waals surface area contributed by atoms with E-state index in [1.54, 1.807) is 0 Å². The molecular weight excluding hydrogens is 326 g/mol. The van der Waals surface area contributed by atoms with Crippen LogP contribution < -0.4 is 5.32 Å². The topological polar surface area (TPSA) is 38.3 Å². The first-order valence-electron chi connectivity index (χ1n) is 5.33. The van der Waals surface area contributed by atoms with Crippen LogP contribution in [0.3, 0.4) is 0 Å². The van der Waals surface area contributed by atoms with E-state index < -0.39 is 0 Å². The predicted octanol–water partition coefficient (Wildman–Crippen LogP) is 3.19. The Kier molecular flexibility index (Phi) is 7.11. The molecule has 1 aromatic rings. The van der Waals surface area contributed by atoms with Crippen LogP contribution in [-0.2, 0) is 4.74 Å². The zero-order chi connectivity index (χ0) is 12.7. The number of ether oxygens (including phenoxy) is 1. The first-order chi connectivity index (χ1) is 8.15. The van der Waals surface area contributed by atoms with Gasteiger partial charge in [-0.1, -0.05) is 0 Å². The average Bonchev–Trinajstić information content (AvgIpc) is 2.64. The van der Waals surface area contributed by atoms with Gasteiger partial charge in [0.05, 0.1) is 15.3 Å². The third kappa shape index (κ3) is 5.38. The first kappa shape index (κ1) is 15.0. The van der Waals surface area contributed by atoms with Crippen molar-refractivity contribution in [2.45, 2.75) is 13.3 Å². The van der Waals surface area contributed by atoms with Crippen molar-refractivity contribution in [3.05, 3.63) is 20.3 Å². The lowest BCUT2D eigenvalue weighted by Crippen LogP contribution is -2.24. The summed E-state index contributed by atoms with van der Waals surface area (Å²) in [4.78, 5) is 12.4. The Labute approximate surface area is 119 Å². The largest absolute Gasteiger partial charge is 0.380 e. The molecule has 0 spiro atoms. The zero-order valence-corrected chi connectivity index (χ0v) is 12.8. The zero-order valence-electron chi connectivity index (χ0n) is 9.59. The number of rotatable bonds is 7. The maximum atomic E-state index is 11.7. The Hall–Kier alpha value is -0.100. The van der Waals surface area contributed by atoms with Gasteiger partial charge in [-0.25, -0.2) is 0 Å². The van der Waals surface area contributed by atoms with Gasteiger partial charge < -0.3 is 10.1 Å². The molecule has 0 radical (unpaired) electrons. The minimum atomic E-state index is -0.0267. The van der Waals surface area contributed by atoms with Gasteiger partial charge in [-0.2, -0.15) is 0 Å². The van der Waals surface area contributed by atoms with Gasteiger partial charge in [-0.05, 0) is 40.9 Å². The van der Waals surface area contributed by atoms with Gasteiger partial charge in [0.1, 0.15) is 0 Å². The van der Waals surface area contributed by atoms with Gasteiger partial charge >= 0.3 is 0 Å². The van der Waals surface area contributed by atoms with E-state index in [-0.39, 0.29) is 5.91 Å². The molecule has 0 fully saturated rings. The fourth-order valence-corrected chi connectivity index (χ4v) is 2.75. The first-order valence-corrected chi connectivity index (χ1v) is 7.47. The minimum absolute atomic E-state index is 0.0267. The predicted molar refractivity (Wildman–Crippen MR) is 75.2 cm³/mol. The van der Waals surface area contributed by atoms with Crippen molar-refractivity contribution in [3.63, 3.8) is 0 Å². The summed E-state index contributed by atoms with van der Waals surface area (Å²) < 4.78 is 6.21. The average molecular weight is 341 g/mol. The van der Waals surface area contributed by atoms with Crippen LogP contribution in [0.25, 0.3) is 0 Å². The van der Waals surface area contributed by atoms with E-state index in [9.17, 15) is 4.79 Å². The Morgan fingerprint density at radius 1 is 1.59 bits per heavy atom. The van der Waals surface area contributed by atoms with Crippen LogP contribution in [0.15, 0.2) is 9.85 Å². The second-order valence-corrected chi connectivity index (χ2v) is 6.23. The molecule has 6 heteroatoms. The number of thiophene rings is 1. The third-order valence-electron chi connectivity index (χ3n) is 2.05. The van der Waals surface area contributed by atoms with E-state index in [1.807, 2.05) is 13.0 Å². The van der Waals surface area contributed by atoms with Crippen molar-refractivity contribution in [3.8, 4) is 0 Å². The summed E-state index contributed by atoms with van der Waals surface area (Å²) in [7, 11) is 0. The highest BCUT2D eigenvalue weighted by molar-refractivity contribution is 9.11. The van der Waals surface area contributed by atoms with Crippen LogP contribution in [0.1, 0.15) is 21.7 Å². The van der Waals surface area contributed by atoms with E-state index in [0.29, 0.717) is 25.6 Å². The molecule has 1 amide bonds. The van der Waals surface area contributed by atoms with Crippen LogP contribution in [-0.4, -0.2) is 31.5 Å². The SMILES string of the molecule is Cc1cc(C(=O)NCCCOCCCl)sc1Br. The number of amides is 1. The fraction of sp³-hybridized carbons (Fsp3) is 0.545. The standard InChI is InChI=1S/C11H15BrClNO2S/c1-8-7-9(17-10(8)12)11(15)14-4-2-5-16-6-3-13/h7H,2-6H2,1H3,(H,14,15). The molecule has 0 unspecified atom stereocenters. The van der Waals surface area contributed by atoms with E-state index in [2.05, 4.69) is 21.2 Å². The van der Waals surface area contributed by atoms with E-state index >= 15 is 0 Å². The number of aryl methyl sites for hydroxylation is 1. The quantitative estimate of drug-likeness (QED) is 0.611. The molecular formula is C11H15BrClNO2S. The molecule has 1 heterocycles. The number of carbonyl (C=O) groups excluding carboxylic acids is 1. The normalized spacial score (nSPS) is 10.5. The summed E-state index contributed by atoms with van der Waals surface area (Å²) in [6, 6.07) is 1.88. The van der Waals surface area contributed by atoms with Crippen molar-refractivity contribution >= 4 is 44.8 Å². The smallest absolute Gasteiger partial charge is 0.261 e. The molecule has 0 atom stereocenters. The van der Waals surface area contributed by atoms with Gasteiger partial charge in [0.25, 0.3) is 5.91 Å². The number of hydrogen-bond donors (Lipinski definition) is 1. The van der Waals surface area contributed by atoms with E-state index in [4.69, 9.17) is 16.3 Å². The minimum Gasteiger partial charge on any atom is -0.380 e. The fourth-order valence-electron chi connectivity index (χ4n) is 1.19. The van der Waals surface area contributed by atoms with Gasteiger partial charge in [0.2, 0.25) is 0 Å². The van der Waals surface area contributed by atoms with E-state index in [0.717, 1.165) is 20.6 Å². The highest BCUT2D eigenvalue weighted by atomic mass is 79.9. The van der Waals surface area contributed by atoms with Gasteiger partial charge in [0, 0.05) is 19.0 Å². The lowest BCUT2D eigenvalue weighted by atomic mass is 10.3. The maximum absolute atomic E-state index is 11.7. The summed E-state index contributed by atoms with van der Waals surface area (Å²) in [6.45, 7) is 3.78. The number of alkyl halides is 1. The highest BCUT2D eigenvalue weighted by Gasteiger charge is 2.10. The Morgan fingerprint density at radius 2 is 2.35 bits per heavy atom. The molecule has 0 aliphatic rings. The lowest BCUT2D eigenvalue weighted by molar-refractivity contribution is 0.0948. The molecule has 0 aromatic carbocycles. The lowest BCUT2D eigenvalue weighted by Gasteiger charge is -2.03. The van der Waals surface area contributed by atoms with Gasteiger partial charge in [0.15, 0.2) is 0 Å². The monoisotopic (exact) mass is 339 g/mol. The molecule has 96 valence electrons. The van der Waals surface area contributed by atoms with Crippen LogP contribution in [0, 0.1) is 6.92 Å². The Morgan fingerprint density at radius 3 is 2.94 bits per heavy atom. The second kappa shape index (κ2) is 8.08. The molecule has 17 heavy (non-hydrogen) atoms. The second-order valence-electron chi connectivity index (χ2n) is 3.48. The molecule has 3 nitrogen and oxygen atoms in total. The van der Waals surface area contributed by atoms with Crippen molar-refractivity contribution in [2.24, 2.45) is 0 Å². The van der Waals surface area contributed by atoms with Crippen molar-refractivity contribution in [2.75, 3.05) is 25.6 Å². The molecule has 0 saturated heterocycles. The molecule has 1 N–H and O–H groups in total. The Balaban J connectivity index is 2.21. The third-order valence-corrected chi connectivity index (χ3v) is 4.34. The number of hydrogen-bond acceptors (Lipinski definition) is 3. The molecule has 1 aromatic heterocycles. The van der Waals surface area contributed by atoms with Crippen LogP contribution in [0.5, 0.6) is 0 Å². The van der Waals surface area contributed by atoms with Gasteiger partial charge in [-0.15, -0.1) is 22.9 Å². The molecule has 0 bridgehead atoms. The summed E-state index contributed by atoms with van der Waals surface area (Å²) in [5.74, 6) is 0.482. The van der Waals surface area contributed by atoms with Crippen molar-refractivity contribution in [1.82, 2.24) is 5.32 Å². The van der Waals surface area contributed by atoms with Gasteiger partial charge in [-0.3, -0.25) is 4.79 Å². The summed E-state index contributed by atoms with van der Waals surface area (Å²) >= 11 is 10.3. The molecule has 0 aliphatic heterocycles. The molecule has 0 saturated carbocycles. The Bertz CT molecular complexity index is 351. The highest BCUT2D eigenvalue weighted by Crippen LogP contribution is 2.27. The van der Waals surface area contributed by atoms with Crippen molar-refractivity contribution < 1.29 is 9.53 Å². The molecule has 0 aliphatic carbocycles. The van der Waals surface area contributed by atoms with E-state index in [1.165, 1.54) is 11.3 Å². The summed E-state index contributed by atoms with van der Waals surface area (Å²) in [5, 5.41) is 2.85. The number of carbonyl (C=O) groups is 1. The maximum Gasteiger partial charge on any atom is 0.261 e. The van der Waals surface area contributed by atoms with Crippen molar-refractivity contribution in [1.29, 1.82) is 0 Å².